The van der Waals surface area contributed by atoms with Gasteiger partial charge in [-0.2, -0.15) is 0 Å². The molecule has 0 aliphatic rings. The van der Waals surface area contributed by atoms with E-state index in [2.05, 4.69) is 5.32 Å². The third-order valence-corrected chi connectivity index (χ3v) is 3.79. The van der Waals surface area contributed by atoms with E-state index in [-0.39, 0.29) is 18.2 Å². The molecule has 2 heterocycles. The maximum Gasteiger partial charge on any atom is 0.257 e. The Bertz CT molecular complexity index is 676. The summed E-state index contributed by atoms with van der Waals surface area (Å²) < 4.78 is 10.6. The molecule has 7 nitrogen and oxygen atoms in total. The topological polar surface area (TPSA) is 78.9 Å². The Hall–Kier alpha value is -2.54. The van der Waals surface area contributed by atoms with E-state index in [1.165, 1.54) is 6.26 Å². The molecule has 2 rings (SSSR count). The van der Waals surface area contributed by atoms with E-state index < -0.39 is 0 Å². The van der Waals surface area contributed by atoms with E-state index in [4.69, 9.17) is 8.83 Å². The first-order valence-corrected chi connectivity index (χ1v) is 8.24. The van der Waals surface area contributed by atoms with Crippen LogP contribution in [0.1, 0.15) is 28.3 Å². The molecule has 0 unspecified atom stereocenters. The third-order valence-electron chi connectivity index (χ3n) is 3.79. The zero-order valence-corrected chi connectivity index (χ0v) is 14.9. The zero-order valence-electron chi connectivity index (χ0n) is 14.9. The second-order valence-corrected chi connectivity index (χ2v) is 6.10. The van der Waals surface area contributed by atoms with Gasteiger partial charge in [0.15, 0.2) is 0 Å². The number of furan rings is 2. The van der Waals surface area contributed by atoms with Crippen LogP contribution in [-0.4, -0.2) is 55.3 Å². The summed E-state index contributed by atoms with van der Waals surface area (Å²) in [6.07, 6.45) is 3.29. The smallest absolute Gasteiger partial charge is 0.257 e. The molecule has 1 N–H and O–H groups in total. The molecular weight excluding hydrogens is 322 g/mol. The van der Waals surface area contributed by atoms with E-state index in [0.29, 0.717) is 36.7 Å². The van der Waals surface area contributed by atoms with Crippen LogP contribution in [0.4, 0.5) is 0 Å². The van der Waals surface area contributed by atoms with Crippen molar-refractivity contribution in [2.24, 2.45) is 0 Å². The largest absolute Gasteiger partial charge is 0.469 e. The van der Waals surface area contributed by atoms with Crippen molar-refractivity contribution in [2.75, 3.05) is 33.7 Å². The summed E-state index contributed by atoms with van der Waals surface area (Å²) in [5.41, 5.74) is 0.500. The van der Waals surface area contributed by atoms with Crippen molar-refractivity contribution >= 4 is 11.8 Å². The van der Waals surface area contributed by atoms with Crippen LogP contribution in [0.25, 0.3) is 0 Å². The van der Waals surface area contributed by atoms with Gasteiger partial charge in [-0.15, -0.1) is 0 Å². The van der Waals surface area contributed by atoms with Gasteiger partial charge in [-0.25, -0.2) is 0 Å². The van der Waals surface area contributed by atoms with Crippen molar-refractivity contribution < 1.29 is 18.4 Å². The highest BCUT2D eigenvalue weighted by atomic mass is 16.3. The lowest BCUT2D eigenvalue weighted by Gasteiger charge is -2.21. The summed E-state index contributed by atoms with van der Waals surface area (Å²) in [4.78, 5) is 28.3. The lowest BCUT2D eigenvalue weighted by Crippen LogP contribution is -2.36. The van der Waals surface area contributed by atoms with Crippen LogP contribution in [0.5, 0.6) is 0 Å². The van der Waals surface area contributed by atoms with Gasteiger partial charge in [-0.1, -0.05) is 0 Å². The van der Waals surface area contributed by atoms with Gasteiger partial charge in [0.2, 0.25) is 5.91 Å². The van der Waals surface area contributed by atoms with Gasteiger partial charge in [-0.3, -0.25) is 9.59 Å². The van der Waals surface area contributed by atoms with Gasteiger partial charge in [0.05, 0.1) is 24.6 Å². The number of aryl methyl sites for hydroxylation is 1. The highest BCUT2D eigenvalue weighted by Crippen LogP contribution is 2.15. The van der Waals surface area contributed by atoms with Crippen LogP contribution in [-0.2, 0) is 11.3 Å². The summed E-state index contributed by atoms with van der Waals surface area (Å²) >= 11 is 0. The van der Waals surface area contributed by atoms with Gasteiger partial charge in [-0.05, 0) is 39.2 Å². The first-order valence-electron chi connectivity index (χ1n) is 8.24. The molecule has 25 heavy (non-hydrogen) atoms. The Morgan fingerprint density at radius 3 is 2.52 bits per heavy atom. The fourth-order valence-electron chi connectivity index (χ4n) is 2.36. The lowest BCUT2D eigenvalue weighted by atomic mass is 10.2. The van der Waals surface area contributed by atoms with E-state index in [9.17, 15) is 9.59 Å². The maximum atomic E-state index is 12.8. The van der Waals surface area contributed by atoms with Gasteiger partial charge >= 0.3 is 0 Å². The van der Waals surface area contributed by atoms with Crippen molar-refractivity contribution in [3.8, 4) is 0 Å². The van der Waals surface area contributed by atoms with Crippen molar-refractivity contribution in [2.45, 2.75) is 19.9 Å². The molecule has 7 heteroatoms. The molecule has 0 spiro atoms. The number of nitrogens with one attached hydrogen (secondary N) is 1. The molecule has 0 atom stereocenters. The number of hydrogen-bond donors (Lipinski definition) is 1. The third kappa shape index (κ3) is 5.79. The quantitative estimate of drug-likeness (QED) is 0.749. The fraction of sp³-hybridized carbons (Fsp3) is 0.444. The number of rotatable bonds is 9. The highest BCUT2D eigenvalue weighted by Gasteiger charge is 2.21. The van der Waals surface area contributed by atoms with Crippen LogP contribution in [0.15, 0.2) is 39.6 Å². The molecule has 2 amide bonds. The predicted molar refractivity (Wildman–Crippen MR) is 93.1 cm³/mol. The summed E-state index contributed by atoms with van der Waals surface area (Å²) in [6.45, 7) is 3.71. The molecule has 0 saturated heterocycles. The summed E-state index contributed by atoms with van der Waals surface area (Å²) in [5, 5.41) is 2.85. The van der Waals surface area contributed by atoms with E-state index >= 15 is 0 Å². The monoisotopic (exact) mass is 347 g/mol. The average Bonchev–Trinajstić information content (AvgIpc) is 3.21. The summed E-state index contributed by atoms with van der Waals surface area (Å²) in [6, 6.07) is 5.22. The minimum Gasteiger partial charge on any atom is -0.469 e. The Morgan fingerprint density at radius 1 is 1.12 bits per heavy atom. The Balaban J connectivity index is 1.96. The molecule has 2 aromatic heterocycles. The van der Waals surface area contributed by atoms with E-state index in [1.54, 1.807) is 36.3 Å². The molecule has 136 valence electrons. The van der Waals surface area contributed by atoms with Crippen LogP contribution in [0, 0.1) is 6.92 Å². The van der Waals surface area contributed by atoms with E-state index in [0.717, 1.165) is 6.54 Å². The second-order valence-electron chi connectivity index (χ2n) is 6.10. The normalized spacial score (nSPS) is 10.9. The molecule has 0 radical (unpaired) electrons. The molecule has 0 fully saturated rings. The standard InChI is InChI=1S/C18H25N3O4/c1-14-16(7-12-24-14)18(23)21(13-15-5-4-11-25-15)9-6-17(22)19-8-10-20(2)3/h4-5,7,11-12H,6,8-10,13H2,1-3H3,(H,19,22). The van der Waals surface area contributed by atoms with Crippen LogP contribution < -0.4 is 5.32 Å². The van der Waals surface area contributed by atoms with Crippen molar-refractivity contribution in [1.29, 1.82) is 0 Å². The lowest BCUT2D eigenvalue weighted by molar-refractivity contribution is -0.121. The SMILES string of the molecule is Cc1occc1C(=O)N(CCC(=O)NCCN(C)C)Cc1ccco1. The molecule has 0 aliphatic carbocycles. The Kier molecular flexibility index (Phi) is 6.82. The van der Waals surface area contributed by atoms with Crippen molar-refractivity contribution in [1.82, 2.24) is 15.1 Å². The summed E-state index contributed by atoms with van der Waals surface area (Å²) in [7, 11) is 3.90. The van der Waals surface area contributed by atoms with Gasteiger partial charge in [0.25, 0.3) is 5.91 Å². The van der Waals surface area contributed by atoms with Gasteiger partial charge in [0.1, 0.15) is 11.5 Å². The number of carbonyl (C=O) groups is 2. The van der Waals surface area contributed by atoms with Crippen molar-refractivity contribution in [3.05, 3.63) is 47.8 Å². The summed E-state index contributed by atoms with van der Waals surface area (Å²) in [5.74, 6) is 0.971. The predicted octanol–water partition coefficient (Wildman–Crippen LogP) is 1.89. The number of amides is 2. The molecule has 0 aliphatic heterocycles. The number of nitrogens with zero attached hydrogens (tertiary/aromatic N) is 2. The fourth-order valence-corrected chi connectivity index (χ4v) is 2.36. The minimum absolute atomic E-state index is 0.0805. The first kappa shape index (κ1) is 18.8. The van der Waals surface area contributed by atoms with Crippen molar-refractivity contribution in [3.63, 3.8) is 0 Å². The Morgan fingerprint density at radius 2 is 1.92 bits per heavy atom. The molecule has 2 aromatic rings. The highest BCUT2D eigenvalue weighted by molar-refractivity contribution is 5.95. The average molecular weight is 347 g/mol. The van der Waals surface area contributed by atoms with Crippen LogP contribution in [0.2, 0.25) is 0 Å². The van der Waals surface area contributed by atoms with Crippen LogP contribution in [0.3, 0.4) is 0 Å². The first-order chi connectivity index (χ1) is 12.0. The zero-order chi connectivity index (χ0) is 18.2. The molecule has 0 saturated carbocycles. The second kappa shape index (κ2) is 9.08. The number of likely N-dealkylation sites (N-methyl/N-ethyl adjacent to an activating group) is 1. The molecule has 0 bridgehead atoms. The van der Waals surface area contributed by atoms with Gasteiger partial charge < -0.3 is 24.0 Å². The number of hydrogen-bond acceptors (Lipinski definition) is 5. The molecule has 0 aromatic carbocycles. The minimum atomic E-state index is -0.177. The Labute approximate surface area is 147 Å². The maximum absolute atomic E-state index is 12.8. The molecular formula is C18H25N3O4. The number of carbonyl (C=O) groups excluding carboxylic acids is 2. The van der Waals surface area contributed by atoms with E-state index in [1.807, 2.05) is 19.0 Å². The van der Waals surface area contributed by atoms with Gasteiger partial charge in [0, 0.05) is 26.1 Å². The van der Waals surface area contributed by atoms with Crippen LogP contribution >= 0.6 is 0 Å².